The van der Waals surface area contributed by atoms with Gasteiger partial charge < -0.3 is 42.7 Å². The Bertz CT molecular complexity index is 728. The molecule has 13 nitrogen and oxygen atoms in total. The van der Waals surface area contributed by atoms with Crippen molar-refractivity contribution in [2.24, 2.45) is 34.0 Å². The third-order valence-corrected chi connectivity index (χ3v) is 5.23. The number of aldehydes is 1. The van der Waals surface area contributed by atoms with Crippen molar-refractivity contribution in [2.75, 3.05) is 19.7 Å². The lowest BCUT2D eigenvalue weighted by atomic mass is 10.0. The van der Waals surface area contributed by atoms with E-state index < -0.39 is 23.9 Å². The fraction of sp³-hybridized carbons (Fsp3) is 0.739. The molecule has 0 fully saturated rings. The minimum atomic E-state index is -0.845. The number of hydrogen-bond acceptors (Lipinski definition) is 8. The van der Waals surface area contributed by atoms with E-state index in [-0.39, 0.29) is 49.2 Å². The van der Waals surface area contributed by atoms with E-state index in [2.05, 4.69) is 20.9 Å². The molecule has 0 heterocycles. The van der Waals surface area contributed by atoms with Crippen molar-refractivity contribution in [3.63, 3.8) is 0 Å². The van der Waals surface area contributed by atoms with Gasteiger partial charge in [0.25, 0.3) is 6.47 Å². The maximum atomic E-state index is 12.7. The number of carbonyl (C=O) groups excluding carboxylic acids is 5. The van der Waals surface area contributed by atoms with Gasteiger partial charge in [-0.3, -0.25) is 24.2 Å². The lowest BCUT2D eigenvalue weighted by Crippen LogP contribution is -2.50. The Morgan fingerprint density at radius 2 is 1.61 bits per heavy atom. The number of carbonyl (C=O) groups is 5. The van der Waals surface area contributed by atoms with Gasteiger partial charge in [-0.05, 0) is 45.1 Å². The number of ether oxygens (including phenoxy) is 1. The Balaban J connectivity index is 4.71. The number of rotatable bonds is 20. The molecule has 4 atom stereocenters. The molecule has 36 heavy (non-hydrogen) atoms. The van der Waals surface area contributed by atoms with Gasteiger partial charge in [0.15, 0.2) is 5.96 Å². The maximum Gasteiger partial charge on any atom is 0.293 e. The van der Waals surface area contributed by atoms with Gasteiger partial charge in [0.05, 0.1) is 12.6 Å². The second-order valence-corrected chi connectivity index (χ2v) is 9.19. The molecule has 0 saturated carbocycles. The molecule has 0 rings (SSSR count). The summed E-state index contributed by atoms with van der Waals surface area (Å²) in [6.07, 6.45) is 2.18. The van der Waals surface area contributed by atoms with Crippen LogP contribution >= 0.6 is 0 Å². The van der Waals surface area contributed by atoms with Crippen molar-refractivity contribution in [3.8, 4) is 0 Å². The van der Waals surface area contributed by atoms with Gasteiger partial charge >= 0.3 is 0 Å². The van der Waals surface area contributed by atoms with Gasteiger partial charge in [-0.2, -0.15) is 0 Å². The lowest BCUT2D eigenvalue weighted by molar-refractivity contribution is -0.131. The highest BCUT2D eigenvalue weighted by molar-refractivity contribution is 5.90. The normalized spacial score (nSPS) is 14.0. The van der Waals surface area contributed by atoms with Crippen LogP contribution in [0.5, 0.6) is 0 Å². The van der Waals surface area contributed by atoms with Gasteiger partial charge in [0.1, 0.15) is 12.3 Å². The van der Waals surface area contributed by atoms with Crippen LogP contribution in [0.15, 0.2) is 4.99 Å². The molecular formula is C23H43N7O6. The van der Waals surface area contributed by atoms with Gasteiger partial charge in [0, 0.05) is 31.3 Å². The van der Waals surface area contributed by atoms with Crippen LogP contribution < -0.4 is 33.2 Å². The van der Waals surface area contributed by atoms with Crippen molar-refractivity contribution in [1.29, 1.82) is 0 Å². The molecule has 0 bridgehead atoms. The molecule has 0 aromatic rings. The summed E-state index contributed by atoms with van der Waals surface area (Å²) >= 11 is 0. The average Bonchev–Trinajstić information content (AvgIpc) is 2.81. The maximum absolute atomic E-state index is 12.7. The molecule has 206 valence electrons. The summed E-state index contributed by atoms with van der Waals surface area (Å²) in [6.45, 7) is 6.76. The first kappa shape index (κ1) is 32.8. The summed E-state index contributed by atoms with van der Waals surface area (Å²) in [5.41, 5.74) is 16.2. The molecule has 0 aliphatic heterocycles. The zero-order chi connectivity index (χ0) is 27.5. The zero-order valence-electron chi connectivity index (χ0n) is 21.5. The first-order chi connectivity index (χ1) is 17.0. The van der Waals surface area contributed by atoms with Crippen LogP contribution in [0.2, 0.25) is 0 Å². The highest BCUT2D eigenvalue weighted by Gasteiger charge is 2.24. The van der Waals surface area contributed by atoms with Gasteiger partial charge in [-0.25, -0.2) is 0 Å². The first-order valence-electron chi connectivity index (χ1n) is 12.2. The van der Waals surface area contributed by atoms with E-state index in [1.807, 2.05) is 13.8 Å². The number of amides is 3. The molecule has 0 saturated heterocycles. The summed E-state index contributed by atoms with van der Waals surface area (Å²) < 4.78 is 4.73. The van der Waals surface area contributed by atoms with E-state index >= 15 is 0 Å². The number of nitrogens with zero attached hydrogens (tertiary/aromatic N) is 1. The topological polar surface area (TPSA) is 221 Å². The summed E-state index contributed by atoms with van der Waals surface area (Å²) in [5, 5.41) is 8.09. The van der Waals surface area contributed by atoms with Crippen LogP contribution in [0.1, 0.15) is 59.3 Å². The first-order valence-corrected chi connectivity index (χ1v) is 12.2. The fourth-order valence-electron chi connectivity index (χ4n) is 3.49. The monoisotopic (exact) mass is 513 g/mol. The van der Waals surface area contributed by atoms with Crippen molar-refractivity contribution < 1.29 is 28.7 Å². The van der Waals surface area contributed by atoms with E-state index in [1.54, 1.807) is 6.92 Å². The predicted octanol–water partition coefficient (Wildman–Crippen LogP) is -1.32. The predicted molar refractivity (Wildman–Crippen MR) is 135 cm³/mol. The lowest BCUT2D eigenvalue weighted by Gasteiger charge is -2.22. The minimum absolute atomic E-state index is 0.0477. The van der Waals surface area contributed by atoms with E-state index in [0.717, 1.165) is 0 Å². The van der Waals surface area contributed by atoms with Crippen LogP contribution in [-0.2, 0) is 28.7 Å². The molecule has 0 aromatic carbocycles. The summed E-state index contributed by atoms with van der Waals surface area (Å²) in [6, 6.07) is -1.81. The summed E-state index contributed by atoms with van der Waals surface area (Å²) in [5.74, 6) is -1.29. The SMILES string of the molecule is CC(C)CC(NC(=O)CCC(=O)NC(C)CC(CN)COC=O)C(=O)NC(C=O)CCCN=C(N)N. The third-order valence-electron chi connectivity index (χ3n) is 5.23. The quantitative estimate of drug-likeness (QED) is 0.0491. The highest BCUT2D eigenvalue weighted by atomic mass is 16.5. The molecule has 4 unspecified atom stereocenters. The summed E-state index contributed by atoms with van der Waals surface area (Å²) in [7, 11) is 0. The molecule has 3 amide bonds. The number of hydrogen-bond donors (Lipinski definition) is 6. The van der Waals surface area contributed by atoms with Crippen LogP contribution in [-0.4, -0.2) is 74.3 Å². The molecule has 0 radical (unpaired) electrons. The number of nitrogens with one attached hydrogen (secondary N) is 3. The van der Waals surface area contributed by atoms with Crippen LogP contribution in [0.3, 0.4) is 0 Å². The van der Waals surface area contributed by atoms with Gasteiger partial charge in [-0.15, -0.1) is 0 Å². The van der Waals surface area contributed by atoms with Crippen molar-refractivity contribution in [1.82, 2.24) is 16.0 Å². The largest absolute Gasteiger partial charge is 0.468 e. The Hall–Kier alpha value is -3.22. The van der Waals surface area contributed by atoms with Crippen molar-refractivity contribution >= 4 is 36.4 Å². The van der Waals surface area contributed by atoms with Crippen LogP contribution in [0.4, 0.5) is 0 Å². The fourth-order valence-corrected chi connectivity index (χ4v) is 3.49. The van der Waals surface area contributed by atoms with Crippen molar-refractivity contribution in [2.45, 2.75) is 77.4 Å². The number of guanidine groups is 1. The molecule has 0 spiro atoms. The van der Waals surface area contributed by atoms with E-state index in [9.17, 15) is 24.0 Å². The second-order valence-electron chi connectivity index (χ2n) is 9.19. The number of nitrogens with two attached hydrogens (primary N) is 3. The molecule has 0 aromatic heterocycles. The van der Waals surface area contributed by atoms with Crippen molar-refractivity contribution in [3.05, 3.63) is 0 Å². The van der Waals surface area contributed by atoms with E-state index in [1.165, 1.54) is 0 Å². The molecule has 0 aliphatic carbocycles. The highest BCUT2D eigenvalue weighted by Crippen LogP contribution is 2.08. The Kier molecular flexibility index (Phi) is 17.3. The third kappa shape index (κ3) is 16.4. The second kappa shape index (κ2) is 19.0. The number of aliphatic imine (C=N–C) groups is 1. The molecule has 0 aliphatic rings. The molecule has 13 heteroatoms. The van der Waals surface area contributed by atoms with E-state index in [0.29, 0.717) is 51.5 Å². The Morgan fingerprint density at radius 3 is 2.14 bits per heavy atom. The Labute approximate surface area is 212 Å². The van der Waals surface area contributed by atoms with Crippen LogP contribution in [0, 0.1) is 11.8 Å². The van der Waals surface area contributed by atoms with Gasteiger partial charge in [-0.1, -0.05) is 13.8 Å². The smallest absolute Gasteiger partial charge is 0.293 e. The minimum Gasteiger partial charge on any atom is -0.468 e. The summed E-state index contributed by atoms with van der Waals surface area (Å²) in [4.78, 5) is 63.0. The molecular weight excluding hydrogens is 470 g/mol. The average molecular weight is 514 g/mol. The Morgan fingerprint density at radius 1 is 0.972 bits per heavy atom. The molecule has 9 N–H and O–H groups in total. The van der Waals surface area contributed by atoms with Gasteiger partial charge in [0.2, 0.25) is 17.7 Å². The van der Waals surface area contributed by atoms with Crippen LogP contribution in [0.25, 0.3) is 0 Å². The standard InChI is InChI=1S/C23H43N7O6/c1-15(2)9-19(22(35)29-18(12-31)5-4-8-27-23(25)26)30-21(34)7-6-20(33)28-16(3)10-17(11-24)13-36-14-32/h12,14-19H,4-11,13,24H2,1-3H3,(H,28,33)(H,29,35)(H,30,34)(H4,25,26,27). The zero-order valence-corrected chi connectivity index (χ0v) is 21.5. The van der Waals surface area contributed by atoms with E-state index in [4.69, 9.17) is 21.9 Å².